The molecule has 1 unspecified atom stereocenters. The predicted octanol–water partition coefficient (Wildman–Crippen LogP) is 2.70. The molecule has 1 atom stereocenters. The van der Waals surface area contributed by atoms with Gasteiger partial charge in [-0.2, -0.15) is 0 Å². The van der Waals surface area contributed by atoms with Gasteiger partial charge in [0.25, 0.3) is 0 Å². The Morgan fingerprint density at radius 3 is 2.81 bits per heavy atom. The molecule has 0 bridgehead atoms. The van der Waals surface area contributed by atoms with Crippen molar-refractivity contribution in [3.63, 3.8) is 0 Å². The lowest BCUT2D eigenvalue weighted by atomic mass is 9.95. The SMILES string of the molecule is Cl.O=C(NC1CCOc2c(Cl)cccc21)C1CCNCC1. The van der Waals surface area contributed by atoms with Crippen molar-refractivity contribution in [2.75, 3.05) is 19.7 Å². The molecule has 3 rings (SSSR count). The normalized spacial score (nSPS) is 21.7. The largest absolute Gasteiger partial charge is 0.492 e. The van der Waals surface area contributed by atoms with Crippen molar-refractivity contribution in [2.24, 2.45) is 5.92 Å². The van der Waals surface area contributed by atoms with Gasteiger partial charge < -0.3 is 15.4 Å². The Kier molecular flexibility index (Phi) is 5.73. The Hall–Kier alpha value is -0.970. The average molecular weight is 331 g/mol. The summed E-state index contributed by atoms with van der Waals surface area (Å²) in [6, 6.07) is 5.71. The van der Waals surface area contributed by atoms with Crippen LogP contribution in [0.25, 0.3) is 0 Å². The number of fused-ring (bicyclic) bond motifs is 1. The van der Waals surface area contributed by atoms with E-state index in [1.165, 1.54) is 0 Å². The molecule has 6 heteroatoms. The van der Waals surface area contributed by atoms with Crippen LogP contribution in [0.1, 0.15) is 30.9 Å². The van der Waals surface area contributed by atoms with E-state index in [0.29, 0.717) is 11.6 Å². The van der Waals surface area contributed by atoms with Gasteiger partial charge in [0.15, 0.2) is 0 Å². The second-order valence-electron chi connectivity index (χ2n) is 5.38. The first-order valence-electron chi connectivity index (χ1n) is 7.18. The number of halogens is 2. The molecule has 0 spiro atoms. The van der Waals surface area contributed by atoms with E-state index in [0.717, 1.165) is 43.7 Å². The molecule has 0 saturated carbocycles. The highest BCUT2D eigenvalue weighted by atomic mass is 35.5. The monoisotopic (exact) mass is 330 g/mol. The molecular weight excluding hydrogens is 311 g/mol. The molecule has 1 saturated heterocycles. The van der Waals surface area contributed by atoms with E-state index in [9.17, 15) is 4.79 Å². The highest BCUT2D eigenvalue weighted by Gasteiger charge is 2.28. The number of piperidine rings is 1. The number of benzene rings is 1. The number of ether oxygens (including phenoxy) is 1. The van der Waals surface area contributed by atoms with Crippen molar-refractivity contribution in [2.45, 2.75) is 25.3 Å². The maximum absolute atomic E-state index is 12.3. The molecule has 2 N–H and O–H groups in total. The summed E-state index contributed by atoms with van der Waals surface area (Å²) in [5.41, 5.74) is 0.992. The zero-order valence-electron chi connectivity index (χ0n) is 11.7. The first-order valence-corrected chi connectivity index (χ1v) is 7.56. The zero-order valence-corrected chi connectivity index (χ0v) is 13.3. The van der Waals surface area contributed by atoms with Gasteiger partial charge in [0.05, 0.1) is 17.7 Å². The fourth-order valence-corrected chi connectivity index (χ4v) is 3.15. The summed E-state index contributed by atoms with van der Waals surface area (Å²) in [5, 5.41) is 7.06. The maximum Gasteiger partial charge on any atom is 0.223 e. The van der Waals surface area contributed by atoms with Gasteiger partial charge in [0.1, 0.15) is 5.75 Å². The number of hydrogen-bond donors (Lipinski definition) is 2. The molecule has 1 fully saturated rings. The predicted molar refractivity (Wildman–Crippen MR) is 85.3 cm³/mol. The van der Waals surface area contributed by atoms with E-state index in [4.69, 9.17) is 16.3 Å². The number of rotatable bonds is 2. The van der Waals surface area contributed by atoms with E-state index < -0.39 is 0 Å². The summed E-state index contributed by atoms with van der Waals surface area (Å²) < 4.78 is 5.62. The van der Waals surface area contributed by atoms with Gasteiger partial charge in [-0.05, 0) is 32.0 Å². The van der Waals surface area contributed by atoms with Crippen molar-refractivity contribution in [1.29, 1.82) is 0 Å². The first-order chi connectivity index (χ1) is 9.75. The van der Waals surface area contributed by atoms with Gasteiger partial charge in [-0.1, -0.05) is 23.7 Å². The minimum Gasteiger partial charge on any atom is -0.492 e. The highest BCUT2D eigenvalue weighted by molar-refractivity contribution is 6.32. The molecular formula is C15H20Cl2N2O2. The molecule has 0 radical (unpaired) electrons. The minimum atomic E-state index is 0. The Labute approximate surface area is 136 Å². The van der Waals surface area contributed by atoms with Crippen LogP contribution in [0.3, 0.4) is 0 Å². The van der Waals surface area contributed by atoms with Crippen molar-refractivity contribution in [3.05, 3.63) is 28.8 Å². The molecule has 116 valence electrons. The fourth-order valence-electron chi connectivity index (χ4n) is 2.91. The van der Waals surface area contributed by atoms with E-state index in [2.05, 4.69) is 10.6 Å². The zero-order chi connectivity index (χ0) is 13.9. The highest BCUT2D eigenvalue weighted by Crippen LogP contribution is 2.37. The van der Waals surface area contributed by atoms with Crippen molar-refractivity contribution < 1.29 is 9.53 Å². The van der Waals surface area contributed by atoms with Gasteiger partial charge in [0, 0.05) is 17.9 Å². The Morgan fingerprint density at radius 1 is 1.29 bits per heavy atom. The number of carbonyl (C=O) groups is 1. The Balaban J connectivity index is 0.00000161. The van der Waals surface area contributed by atoms with Gasteiger partial charge in [-0.15, -0.1) is 12.4 Å². The minimum absolute atomic E-state index is 0. The molecule has 1 amide bonds. The Morgan fingerprint density at radius 2 is 2.05 bits per heavy atom. The lowest BCUT2D eigenvalue weighted by molar-refractivity contribution is -0.126. The molecule has 0 aromatic heterocycles. The summed E-state index contributed by atoms with van der Waals surface area (Å²) in [7, 11) is 0. The summed E-state index contributed by atoms with van der Waals surface area (Å²) in [4.78, 5) is 12.3. The van der Waals surface area contributed by atoms with Gasteiger partial charge in [-0.25, -0.2) is 0 Å². The molecule has 2 aliphatic rings. The molecule has 21 heavy (non-hydrogen) atoms. The van der Waals surface area contributed by atoms with E-state index in [1.54, 1.807) is 0 Å². The van der Waals surface area contributed by atoms with Gasteiger partial charge >= 0.3 is 0 Å². The van der Waals surface area contributed by atoms with Crippen LogP contribution in [0.15, 0.2) is 18.2 Å². The van der Waals surface area contributed by atoms with Gasteiger partial charge in [-0.3, -0.25) is 4.79 Å². The van der Waals surface area contributed by atoms with Crippen LogP contribution in [-0.2, 0) is 4.79 Å². The lowest BCUT2D eigenvalue weighted by Gasteiger charge is -2.29. The smallest absolute Gasteiger partial charge is 0.223 e. The van der Waals surface area contributed by atoms with E-state index >= 15 is 0 Å². The van der Waals surface area contributed by atoms with Gasteiger partial charge in [0.2, 0.25) is 5.91 Å². The summed E-state index contributed by atoms with van der Waals surface area (Å²) >= 11 is 6.15. The summed E-state index contributed by atoms with van der Waals surface area (Å²) in [6.45, 7) is 2.44. The molecule has 4 nitrogen and oxygen atoms in total. The topological polar surface area (TPSA) is 50.4 Å². The number of hydrogen-bond acceptors (Lipinski definition) is 3. The van der Waals surface area contributed by atoms with Crippen LogP contribution in [0.4, 0.5) is 0 Å². The third-order valence-corrected chi connectivity index (χ3v) is 4.35. The quantitative estimate of drug-likeness (QED) is 0.876. The summed E-state index contributed by atoms with van der Waals surface area (Å²) in [5.74, 6) is 1.00. The standard InChI is InChI=1S/C15H19ClN2O2.ClH/c16-12-3-1-2-11-13(6-9-20-14(11)12)18-15(19)10-4-7-17-8-5-10;/h1-3,10,13,17H,4-9H2,(H,18,19);1H. The average Bonchev–Trinajstić information content (AvgIpc) is 2.49. The van der Waals surface area contributed by atoms with E-state index in [1.807, 2.05) is 18.2 Å². The maximum atomic E-state index is 12.3. The van der Waals surface area contributed by atoms with Crippen molar-refractivity contribution in [1.82, 2.24) is 10.6 Å². The van der Waals surface area contributed by atoms with Crippen LogP contribution in [0.5, 0.6) is 5.75 Å². The number of para-hydroxylation sites is 1. The Bertz CT molecular complexity index is 504. The second-order valence-corrected chi connectivity index (χ2v) is 5.79. The third kappa shape index (κ3) is 3.62. The lowest BCUT2D eigenvalue weighted by Crippen LogP contribution is -2.40. The molecule has 2 aliphatic heterocycles. The van der Waals surface area contributed by atoms with Crippen LogP contribution >= 0.6 is 24.0 Å². The van der Waals surface area contributed by atoms with Crippen LogP contribution in [-0.4, -0.2) is 25.6 Å². The fraction of sp³-hybridized carbons (Fsp3) is 0.533. The molecule has 2 heterocycles. The number of amides is 1. The summed E-state index contributed by atoms with van der Waals surface area (Å²) in [6.07, 6.45) is 2.62. The third-order valence-electron chi connectivity index (χ3n) is 4.05. The van der Waals surface area contributed by atoms with Crippen LogP contribution < -0.4 is 15.4 Å². The van der Waals surface area contributed by atoms with E-state index in [-0.39, 0.29) is 30.3 Å². The number of carbonyl (C=O) groups excluding carboxylic acids is 1. The molecule has 1 aromatic rings. The second kappa shape index (κ2) is 7.34. The number of nitrogens with one attached hydrogen (secondary N) is 2. The molecule has 0 aliphatic carbocycles. The molecule has 1 aromatic carbocycles. The van der Waals surface area contributed by atoms with Crippen LogP contribution in [0, 0.1) is 5.92 Å². The van der Waals surface area contributed by atoms with Crippen molar-refractivity contribution >= 4 is 29.9 Å². The van der Waals surface area contributed by atoms with Crippen LogP contribution in [0.2, 0.25) is 5.02 Å². The van der Waals surface area contributed by atoms with Crippen molar-refractivity contribution in [3.8, 4) is 5.75 Å². The first kappa shape index (κ1) is 16.4.